The highest BCUT2D eigenvalue weighted by molar-refractivity contribution is 7.85. The van der Waals surface area contributed by atoms with Crippen LogP contribution in [0.4, 0.5) is 0 Å². The van der Waals surface area contributed by atoms with Crippen molar-refractivity contribution in [3.05, 3.63) is 34.9 Å². The van der Waals surface area contributed by atoms with Crippen LogP contribution in [0.25, 0.3) is 0 Å². The van der Waals surface area contributed by atoms with E-state index < -0.39 is 15.5 Å². The molecule has 1 aromatic carbocycles. The van der Waals surface area contributed by atoms with E-state index in [1.165, 1.54) is 6.08 Å². The number of fused-ring (bicyclic) bond motifs is 4. The number of ketones is 2. The third kappa shape index (κ3) is 2.56. The van der Waals surface area contributed by atoms with Gasteiger partial charge in [-0.25, -0.2) is 0 Å². The van der Waals surface area contributed by atoms with E-state index in [2.05, 4.69) is 0 Å². The highest BCUT2D eigenvalue weighted by Gasteiger charge is 2.50. The zero-order chi connectivity index (χ0) is 17.8. The molecule has 1 heterocycles. The average molecular weight is 364 g/mol. The van der Waals surface area contributed by atoms with Gasteiger partial charge in [0.25, 0.3) is 10.1 Å². The summed E-state index contributed by atoms with van der Waals surface area (Å²) in [6, 6.07) is 3.41. The smallest absolute Gasteiger partial charge is 0.264 e. The van der Waals surface area contributed by atoms with Gasteiger partial charge in [-0.1, -0.05) is 0 Å². The van der Waals surface area contributed by atoms with Gasteiger partial charge < -0.3 is 9.47 Å². The lowest BCUT2D eigenvalue weighted by Crippen LogP contribution is -2.33. The molecule has 0 unspecified atom stereocenters. The van der Waals surface area contributed by atoms with E-state index >= 15 is 0 Å². The van der Waals surface area contributed by atoms with E-state index in [4.69, 9.17) is 13.7 Å². The minimum Gasteiger partial charge on any atom is -0.454 e. The number of carbonyl (C=O) groups excluding carboxylic acids is 2. The van der Waals surface area contributed by atoms with Gasteiger partial charge in [0, 0.05) is 23.0 Å². The summed E-state index contributed by atoms with van der Waals surface area (Å²) in [5, 5.41) is 0. The molecule has 0 radical (unpaired) electrons. The number of hydrogen-bond donors (Lipinski definition) is 0. The largest absolute Gasteiger partial charge is 0.454 e. The van der Waals surface area contributed by atoms with Gasteiger partial charge in [-0.05, 0) is 36.6 Å². The lowest BCUT2D eigenvalue weighted by Gasteiger charge is -2.33. The van der Waals surface area contributed by atoms with Gasteiger partial charge in [0.05, 0.1) is 12.9 Å². The first-order valence-corrected chi connectivity index (χ1v) is 9.70. The Balaban J connectivity index is 1.81. The normalized spacial score (nSPS) is 24.1. The van der Waals surface area contributed by atoms with Crippen molar-refractivity contribution < 1.29 is 31.7 Å². The average Bonchev–Trinajstić information content (AvgIpc) is 3.08. The third-order valence-corrected chi connectivity index (χ3v) is 5.56. The number of hydrogen-bond acceptors (Lipinski definition) is 7. The monoisotopic (exact) mass is 364 g/mol. The van der Waals surface area contributed by atoms with Crippen LogP contribution in [-0.4, -0.2) is 39.6 Å². The molecule has 25 heavy (non-hydrogen) atoms. The molecule has 4 rings (SSSR count). The summed E-state index contributed by atoms with van der Waals surface area (Å²) in [5.74, 6) is 0.727. The lowest BCUT2D eigenvalue weighted by atomic mass is 9.69. The molecule has 0 fully saturated rings. The van der Waals surface area contributed by atoms with Crippen LogP contribution in [0.3, 0.4) is 0 Å². The van der Waals surface area contributed by atoms with E-state index in [0.717, 1.165) is 11.8 Å². The van der Waals surface area contributed by atoms with Crippen LogP contribution >= 0.6 is 0 Å². The van der Waals surface area contributed by atoms with Crippen LogP contribution in [0, 0.1) is 0 Å². The van der Waals surface area contributed by atoms with Crippen LogP contribution in [0.2, 0.25) is 0 Å². The Morgan fingerprint density at radius 1 is 1.20 bits per heavy atom. The maximum absolute atomic E-state index is 12.9. The van der Waals surface area contributed by atoms with Crippen molar-refractivity contribution in [2.75, 3.05) is 19.7 Å². The van der Waals surface area contributed by atoms with Gasteiger partial charge in [-0.2, -0.15) is 8.42 Å². The Labute approximate surface area is 144 Å². The molecular weight excluding hydrogens is 348 g/mol. The number of rotatable bonds is 4. The maximum Gasteiger partial charge on any atom is 0.264 e. The number of allylic oxidation sites excluding steroid dienone is 2. The van der Waals surface area contributed by atoms with E-state index in [9.17, 15) is 18.0 Å². The summed E-state index contributed by atoms with van der Waals surface area (Å²) in [7, 11) is -3.58. The summed E-state index contributed by atoms with van der Waals surface area (Å²) in [6.45, 7) is 0.0311. The molecule has 3 aliphatic rings. The quantitative estimate of drug-likeness (QED) is 0.747. The molecule has 0 amide bonds. The van der Waals surface area contributed by atoms with Crippen LogP contribution in [0.15, 0.2) is 23.8 Å². The molecule has 0 aromatic heterocycles. The van der Waals surface area contributed by atoms with Gasteiger partial charge >= 0.3 is 0 Å². The first-order valence-electron chi connectivity index (χ1n) is 7.88. The molecule has 0 saturated carbocycles. The lowest BCUT2D eigenvalue weighted by molar-refractivity contribution is -0.115. The van der Waals surface area contributed by atoms with Crippen LogP contribution in [0.1, 0.15) is 35.2 Å². The van der Waals surface area contributed by atoms with Gasteiger partial charge in [0.15, 0.2) is 23.1 Å². The van der Waals surface area contributed by atoms with E-state index in [1.807, 2.05) is 0 Å². The molecule has 7 nitrogen and oxygen atoms in total. The Hall–Kier alpha value is -2.19. The van der Waals surface area contributed by atoms with Gasteiger partial charge in [-0.3, -0.25) is 13.8 Å². The Kier molecular flexibility index (Phi) is 3.52. The topological polar surface area (TPSA) is 96.0 Å². The first kappa shape index (κ1) is 16.3. The van der Waals surface area contributed by atoms with Gasteiger partial charge in [0.2, 0.25) is 6.79 Å². The van der Waals surface area contributed by atoms with Gasteiger partial charge in [0.1, 0.15) is 0 Å². The Bertz CT molecular complexity index is 929. The summed E-state index contributed by atoms with van der Waals surface area (Å²) >= 11 is 0. The molecular formula is C17H16O7S. The second-order valence-corrected chi connectivity index (χ2v) is 8.11. The fourth-order valence-electron chi connectivity index (χ4n) is 3.84. The molecule has 1 aromatic rings. The number of Topliss-reactive ketones (excluding diaryl/α,β-unsaturated/α-hetero) is 1. The minimum absolute atomic E-state index is 0.0640. The van der Waals surface area contributed by atoms with Crippen LogP contribution < -0.4 is 9.47 Å². The van der Waals surface area contributed by atoms with E-state index in [1.54, 1.807) is 12.1 Å². The summed E-state index contributed by atoms with van der Waals surface area (Å²) < 4.78 is 38.2. The Morgan fingerprint density at radius 3 is 2.64 bits per heavy atom. The standard InChI is InChI=1S/C17H16O7S/c1-25(20,21)24-5-4-17-3-2-10(18)6-13(17)16(19)11-7-14-15(8-12(11)17)23-9-22-14/h6-8H,2-5,9H2,1H3/t17-/m0/s1. The molecule has 2 aliphatic carbocycles. The zero-order valence-electron chi connectivity index (χ0n) is 13.5. The fourth-order valence-corrected chi connectivity index (χ4v) is 4.22. The second-order valence-electron chi connectivity index (χ2n) is 6.46. The SMILES string of the molecule is CS(=O)(=O)OCC[C@]12CCC(=O)C=C1C(=O)c1cc3c(cc12)OCO3. The summed E-state index contributed by atoms with van der Waals surface area (Å²) in [5.41, 5.74) is 0.896. The van der Waals surface area contributed by atoms with E-state index in [-0.39, 0.29) is 31.4 Å². The summed E-state index contributed by atoms with van der Waals surface area (Å²) in [6.07, 6.45) is 3.39. The second kappa shape index (κ2) is 5.40. The van der Waals surface area contributed by atoms with Crippen molar-refractivity contribution in [1.29, 1.82) is 0 Å². The Morgan fingerprint density at radius 2 is 1.92 bits per heavy atom. The predicted molar refractivity (Wildman–Crippen MR) is 86.3 cm³/mol. The van der Waals surface area contributed by atoms with Crippen LogP contribution in [-0.2, 0) is 24.5 Å². The van der Waals surface area contributed by atoms with E-state index in [0.29, 0.717) is 35.5 Å². The molecule has 1 aliphatic heterocycles. The van der Waals surface area contributed by atoms with Crippen molar-refractivity contribution in [1.82, 2.24) is 0 Å². The number of ether oxygens (including phenoxy) is 2. The summed E-state index contributed by atoms with van der Waals surface area (Å²) in [4.78, 5) is 24.7. The fraction of sp³-hybridized carbons (Fsp3) is 0.412. The molecule has 0 saturated heterocycles. The van der Waals surface area contributed by atoms with Crippen molar-refractivity contribution >= 4 is 21.7 Å². The van der Waals surface area contributed by atoms with Crippen molar-refractivity contribution in [2.24, 2.45) is 0 Å². The molecule has 0 N–H and O–H groups in total. The highest BCUT2D eigenvalue weighted by atomic mass is 32.2. The van der Waals surface area contributed by atoms with Crippen molar-refractivity contribution in [2.45, 2.75) is 24.7 Å². The molecule has 132 valence electrons. The van der Waals surface area contributed by atoms with Gasteiger partial charge in [-0.15, -0.1) is 0 Å². The molecule has 0 bridgehead atoms. The van der Waals surface area contributed by atoms with Crippen molar-refractivity contribution in [3.8, 4) is 11.5 Å². The highest BCUT2D eigenvalue weighted by Crippen LogP contribution is 2.53. The number of carbonyl (C=O) groups is 2. The molecule has 1 atom stereocenters. The zero-order valence-corrected chi connectivity index (χ0v) is 14.4. The molecule has 0 spiro atoms. The molecule has 8 heteroatoms. The third-order valence-electron chi connectivity index (χ3n) is 4.96. The first-order chi connectivity index (χ1) is 11.8. The predicted octanol–water partition coefficient (Wildman–Crippen LogP) is 1.50. The van der Waals surface area contributed by atoms with Crippen molar-refractivity contribution in [3.63, 3.8) is 0 Å². The minimum atomic E-state index is -3.58. The maximum atomic E-state index is 12.9. The number of benzene rings is 1. The van der Waals surface area contributed by atoms with Crippen LogP contribution in [0.5, 0.6) is 11.5 Å².